The number of methoxy groups -OCH3 is 2. The number of nitrogens with one attached hydrogen (secondary N) is 1. The van der Waals surface area contributed by atoms with Crippen molar-refractivity contribution >= 4 is 23.7 Å². The summed E-state index contributed by atoms with van der Waals surface area (Å²) in [7, 11) is 2.65. The van der Waals surface area contributed by atoms with Crippen molar-refractivity contribution in [2.24, 2.45) is 5.41 Å². The van der Waals surface area contributed by atoms with Crippen LogP contribution in [0.5, 0.6) is 11.6 Å². The van der Waals surface area contributed by atoms with E-state index in [-0.39, 0.29) is 39.8 Å². The van der Waals surface area contributed by atoms with Gasteiger partial charge in [-0.05, 0) is 67.0 Å². The zero-order valence-electron chi connectivity index (χ0n) is 27.5. The minimum atomic E-state index is -4.89. The van der Waals surface area contributed by atoms with Gasteiger partial charge in [-0.3, -0.25) is 4.79 Å². The first-order valence-corrected chi connectivity index (χ1v) is 15.8. The fourth-order valence-electron chi connectivity index (χ4n) is 6.60. The fourth-order valence-corrected chi connectivity index (χ4v) is 6.60. The molecule has 2 atom stereocenters. The molecule has 6 rings (SSSR count). The summed E-state index contributed by atoms with van der Waals surface area (Å²) in [6.07, 6.45) is -3.97. The van der Waals surface area contributed by atoms with E-state index >= 15 is 0 Å². The molecule has 0 unspecified atom stereocenters. The maximum atomic E-state index is 14.9. The first-order valence-electron chi connectivity index (χ1n) is 15.8. The van der Waals surface area contributed by atoms with Crippen LogP contribution in [0.25, 0.3) is 16.8 Å². The maximum Gasteiger partial charge on any atom is 0.429 e. The molecule has 13 nitrogen and oxygen atoms in total. The number of carboxylic acid groups (broad SMARTS) is 1. The molecule has 50 heavy (non-hydrogen) atoms. The lowest BCUT2D eigenvalue weighted by Crippen LogP contribution is -2.41. The topological polar surface area (TPSA) is 167 Å². The van der Waals surface area contributed by atoms with Gasteiger partial charge >= 0.3 is 18.1 Å². The van der Waals surface area contributed by atoms with E-state index < -0.39 is 30.3 Å². The summed E-state index contributed by atoms with van der Waals surface area (Å²) in [5.41, 5.74) is 7.54. The number of nitrogen functional groups attached to an aromatic ring is 1. The summed E-state index contributed by atoms with van der Waals surface area (Å²) < 4.78 is 62.0. The van der Waals surface area contributed by atoms with Crippen molar-refractivity contribution < 1.29 is 42.1 Å². The van der Waals surface area contributed by atoms with E-state index in [0.717, 1.165) is 0 Å². The molecule has 0 aliphatic carbocycles. The Morgan fingerprint density at radius 2 is 1.78 bits per heavy atom. The van der Waals surface area contributed by atoms with Gasteiger partial charge in [0.05, 0.1) is 25.6 Å². The third kappa shape index (κ3) is 7.01. The number of nitrogens with two attached hydrogens (primary N) is 1. The van der Waals surface area contributed by atoms with Gasteiger partial charge in [-0.2, -0.15) is 28.2 Å². The third-order valence-corrected chi connectivity index (χ3v) is 9.27. The lowest BCUT2D eigenvalue weighted by molar-refractivity contribution is -0.198. The number of esters is 1. The zero-order chi connectivity index (χ0) is 35.8. The molecule has 2 aromatic heterocycles. The second-order valence-corrected chi connectivity index (χ2v) is 12.5. The van der Waals surface area contributed by atoms with Crippen LogP contribution in [0.1, 0.15) is 47.0 Å². The van der Waals surface area contributed by atoms with Crippen LogP contribution in [-0.4, -0.2) is 82.9 Å². The number of rotatable bonds is 9. The molecule has 2 aliphatic rings. The van der Waals surface area contributed by atoms with Crippen LogP contribution in [0, 0.1) is 12.3 Å². The highest BCUT2D eigenvalue weighted by molar-refractivity contribution is 5.93. The Morgan fingerprint density at radius 3 is 2.40 bits per heavy atom. The average molecular weight is 696 g/mol. The molecular formula is C34H36F3N7O6. The molecule has 0 amide bonds. The van der Waals surface area contributed by atoms with E-state index in [1.165, 1.54) is 43.2 Å². The number of carbonyl (C=O) groups excluding carboxylic acids is 1. The Morgan fingerprint density at radius 1 is 1.06 bits per heavy atom. The van der Waals surface area contributed by atoms with E-state index in [9.17, 15) is 27.9 Å². The fraction of sp³-hybridized carbons (Fsp3) is 0.382. The predicted octanol–water partition coefficient (Wildman–Crippen LogP) is 4.73. The number of aromatic nitrogens is 4. The lowest BCUT2D eigenvalue weighted by atomic mass is 9.76. The van der Waals surface area contributed by atoms with Crippen molar-refractivity contribution in [3.8, 4) is 28.4 Å². The number of hydrogen-bond acceptors (Lipinski definition) is 11. The Kier molecular flexibility index (Phi) is 9.31. The Hall–Kier alpha value is -5.38. The van der Waals surface area contributed by atoms with Crippen LogP contribution in [0.3, 0.4) is 0 Å². The summed E-state index contributed by atoms with van der Waals surface area (Å²) in [6, 6.07) is 11.5. The molecule has 264 valence electrons. The minimum Gasteiger partial charge on any atom is -0.496 e. The molecule has 2 saturated heterocycles. The molecule has 0 radical (unpaired) electrons. The molecule has 1 spiro atoms. The van der Waals surface area contributed by atoms with Gasteiger partial charge in [-0.25, -0.2) is 9.48 Å². The van der Waals surface area contributed by atoms with Gasteiger partial charge in [-0.1, -0.05) is 18.2 Å². The van der Waals surface area contributed by atoms with Crippen LogP contribution in [0.2, 0.25) is 0 Å². The number of nitrogens with zero attached hydrogens (tertiary/aromatic N) is 5. The number of hydrogen-bond donors (Lipinski definition) is 3. The first-order chi connectivity index (χ1) is 23.8. The van der Waals surface area contributed by atoms with E-state index in [2.05, 4.69) is 20.4 Å². The number of aryl methyl sites for hydroxylation is 1. The molecule has 2 aliphatic heterocycles. The second-order valence-electron chi connectivity index (χ2n) is 12.5. The standard InChI is InChI=1S/C34H36F3N7O6/c1-19-8-11-44(42-19)25-14-20(21-5-7-23(31(47)49-3)26(15-21)48-2)4-6-22(25)29(34(35,36)37)50-28-16-27(40-32(38)41-28)43-12-9-33(10-13-43)17-24(30(45)46)39-18-33/h4-8,11,14-16,24,29,39H,9-10,12-13,17-18H2,1-3H3,(H,45,46)(H2,38,40,41)/t24-,29+/m0/s1. The van der Waals surface area contributed by atoms with E-state index in [4.69, 9.17) is 19.9 Å². The quantitative estimate of drug-likeness (QED) is 0.206. The van der Waals surface area contributed by atoms with Gasteiger partial charge in [0.1, 0.15) is 23.2 Å². The van der Waals surface area contributed by atoms with Crippen molar-refractivity contribution in [1.29, 1.82) is 0 Å². The number of piperidine rings is 1. The molecule has 4 heterocycles. The molecule has 2 aromatic carbocycles. The van der Waals surface area contributed by atoms with Gasteiger partial charge in [0, 0.05) is 37.5 Å². The van der Waals surface area contributed by atoms with E-state index in [1.807, 2.05) is 4.90 Å². The molecular weight excluding hydrogens is 659 g/mol. The zero-order valence-corrected chi connectivity index (χ0v) is 27.5. The molecule has 2 fully saturated rings. The molecule has 16 heteroatoms. The van der Waals surface area contributed by atoms with Crippen molar-refractivity contribution in [1.82, 2.24) is 25.1 Å². The minimum absolute atomic E-state index is 0.0994. The Labute approximate surface area is 285 Å². The predicted molar refractivity (Wildman–Crippen MR) is 175 cm³/mol. The molecule has 0 saturated carbocycles. The highest BCUT2D eigenvalue weighted by Crippen LogP contribution is 2.43. The number of carbonyl (C=O) groups is 2. The number of halogens is 3. The highest BCUT2D eigenvalue weighted by Gasteiger charge is 2.46. The summed E-state index contributed by atoms with van der Waals surface area (Å²) in [4.78, 5) is 33.8. The molecule has 0 bridgehead atoms. The normalized spacial score (nSPS) is 17.8. The summed E-state index contributed by atoms with van der Waals surface area (Å²) in [6.45, 7) is 3.30. The number of anilines is 2. The average Bonchev–Trinajstić information content (AvgIpc) is 3.72. The van der Waals surface area contributed by atoms with Gasteiger partial charge in [0.15, 0.2) is 0 Å². The molecule has 4 N–H and O–H groups in total. The van der Waals surface area contributed by atoms with Crippen molar-refractivity contribution in [3.63, 3.8) is 0 Å². The van der Waals surface area contributed by atoms with Crippen molar-refractivity contribution in [2.45, 2.75) is 44.5 Å². The van der Waals surface area contributed by atoms with Gasteiger partial charge in [-0.15, -0.1) is 0 Å². The SMILES string of the molecule is COC(=O)c1ccc(-c2ccc([C@@H](Oc3cc(N4CCC5(CC4)CN[C@H](C(=O)O)C5)nc(N)n3)C(F)(F)F)c(-n3ccc(C)n3)c2)cc1OC. The van der Waals surface area contributed by atoms with Crippen LogP contribution < -0.4 is 25.4 Å². The van der Waals surface area contributed by atoms with Crippen LogP contribution in [-0.2, 0) is 9.53 Å². The largest absolute Gasteiger partial charge is 0.496 e. The van der Waals surface area contributed by atoms with Crippen LogP contribution >= 0.6 is 0 Å². The molecule has 4 aromatic rings. The summed E-state index contributed by atoms with van der Waals surface area (Å²) >= 11 is 0. The monoisotopic (exact) mass is 695 g/mol. The first kappa shape index (κ1) is 34.5. The number of benzene rings is 2. The Bertz CT molecular complexity index is 1910. The van der Waals surface area contributed by atoms with Gasteiger partial charge < -0.3 is 35.3 Å². The van der Waals surface area contributed by atoms with Crippen LogP contribution in [0.15, 0.2) is 54.7 Å². The maximum absolute atomic E-state index is 14.9. The number of carboxylic acids is 1. The number of alkyl halides is 3. The van der Waals surface area contributed by atoms with Gasteiger partial charge in [0.25, 0.3) is 0 Å². The number of ether oxygens (including phenoxy) is 3. The smallest absolute Gasteiger partial charge is 0.429 e. The van der Waals surface area contributed by atoms with Crippen LogP contribution in [0.4, 0.5) is 24.9 Å². The summed E-state index contributed by atoms with van der Waals surface area (Å²) in [5.74, 6) is -1.56. The summed E-state index contributed by atoms with van der Waals surface area (Å²) in [5, 5.41) is 16.9. The van der Waals surface area contributed by atoms with E-state index in [0.29, 0.717) is 61.5 Å². The Balaban J connectivity index is 1.32. The van der Waals surface area contributed by atoms with Gasteiger partial charge in [0.2, 0.25) is 17.9 Å². The van der Waals surface area contributed by atoms with Crippen molar-refractivity contribution in [2.75, 3.05) is 44.5 Å². The van der Waals surface area contributed by atoms with Crippen molar-refractivity contribution in [3.05, 3.63) is 71.5 Å². The number of aliphatic carboxylic acids is 1. The third-order valence-electron chi connectivity index (χ3n) is 9.27. The lowest BCUT2D eigenvalue weighted by Gasteiger charge is -2.39. The van der Waals surface area contributed by atoms with E-state index in [1.54, 1.807) is 37.4 Å². The highest BCUT2D eigenvalue weighted by atomic mass is 19.4. The second kappa shape index (κ2) is 13.5.